The van der Waals surface area contributed by atoms with Crippen molar-refractivity contribution in [1.29, 1.82) is 0 Å². The van der Waals surface area contributed by atoms with Crippen LogP contribution in [0.5, 0.6) is 0 Å². The average Bonchev–Trinajstić information content (AvgIpc) is 2.03. The summed E-state index contributed by atoms with van der Waals surface area (Å²) in [7, 11) is 0. The van der Waals surface area contributed by atoms with Crippen LogP contribution in [-0.2, 0) is 4.74 Å². The van der Waals surface area contributed by atoms with Gasteiger partial charge in [-0.15, -0.1) is 0 Å². The van der Waals surface area contributed by atoms with Gasteiger partial charge in [0.1, 0.15) is 0 Å². The van der Waals surface area contributed by atoms with Crippen molar-refractivity contribution in [3.05, 3.63) is 0 Å². The molecule has 0 aliphatic carbocycles. The summed E-state index contributed by atoms with van der Waals surface area (Å²) < 4.78 is 5.40. The summed E-state index contributed by atoms with van der Waals surface area (Å²) >= 11 is 0. The fraction of sp³-hybridized carbons (Fsp3) is 1.00. The standard InChI is InChI=1S/C10H19NO/c1-8(2)9-10(7-11-9)3-5-12-6-4-10/h8-9,11H,3-7H2,1-2H3. The Bertz CT molecular complexity index is 161. The number of ether oxygens (including phenoxy) is 1. The van der Waals surface area contributed by atoms with Crippen molar-refractivity contribution in [2.45, 2.75) is 32.7 Å². The van der Waals surface area contributed by atoms with Crippen molar-refractivity contribution in [1.82, 2.24) is 5.32 Å². The Morgan fingerprint density at radius 3 is 2.42 bits per heavy atom. The maximum atomic E-state index is 5.40. The zero-order valence-electron chi connectivity index (χ0n) is 8.10. The van der Waals surface area contributed by atoms with Crippen LogP contribution in [0.15, 0.2) is 0 Å². The number of hydrogen-bond donors (Lipinski definition) is 1. The Hall–Kier alpha value is -0.0800. The summed E-state index contributed by atoms with van der Waals surface area (Å²) in [4.78, 5) is 0. The van der Waals surface area contributed by atoms with Crippen molar-refractivity contribution < 1.29 is 4.74 Å². The molecule has 2 rings (SSSR count). The maximum Gasteiger partial charge on any atom is 0.0472 e. The van der Waals surface area contributed by atoms with Gasteiger partial charge in [0.05, 0.1) is 0 Å². The lowest BCUT2D eigenvalue weighted by Gasteiger charge is -2.54. The normalized spacial score (nSPS) is 33.8. The fourth-order valence-electron chi connectivity index (χ4n) is 2.72. The summed E-state index contributed by atoms with van der Waals surface area (Å²) in [5, 5.41) is 3.55. The van der Waals surface area contributed by atoms with Crippen LogP contribution >= 0.6 is 0 Å². The smallest absolute Gasteiger partial charge is 0.0472 e. The van der Waals surface area contributed by atoms with Gasteiger partial charge in [0, 0.05) is 31.2 Å². The molecular formula is C10H19NO. The third kappa shape index (κ3) is 1.17. The summed E-state index contributed by atoms with van der Waals surface area (Å²) in [6.45, 7) is 7.80. The minimum Gasteiger partial charge on any atom is -0.381 e. The van der Waals surface area contributed by atoms with Crippen LogP contribution in [-0.4, -0.2) is 25.8 Å². The van der Waals surface area contributed by atoms with Gasteiger partial charge < -0.3 is 10.1 Å². The zero-order valence-corrected chi connectivity index (χ0v) is 8.10. The summed E-state index contributed by atoms with van der Waals surface area (Å²) in [6.07, 6.45) is 2.53. The molecule has 1 unspecified atom stereocenters. The second-order valence-corrected chi connectivity index (χ2v) is 4.58. The van der Waals surface area contributed by atoms with Gasteiger partial charge in [0.15, 0.2) is 0 Å². The molecule has 2 heterocycles. The molecule has 0 aromatic heterocycles. The first kappa shape index (κ1) is 8.52. The highest BCUT2D eigenvalue weighted by Crippen LogP contribution is 2.42. The van der Waals surface area contributed by atoms with Crippen LogP contribution in [0.3, 0.4) is 0 Å². The molecular weight excluding hydrogens is 150 g/mol. The molecule has 2 nitrogen and oxygen atoms in total. The average molecular weight is 169 g/mol. The van der Waals surface area contributed by atoms with Gasteiger partial charge in [0.2, 0.25) is 0 Å². The molecule has 0 amide bonds. The van der Waals surface area contributed by atoms with Gasteiger partial charge in [-0.1, -0.05) is 13.8 Å². The van der Waals surface area contributed by atoms with Crippen molar-refractivity contribution in [2.24, 2.45) is 11.3 Å². The van der Waals surface area contributed by atoms with E-state index in [1.807, 2.05) is 0 Å². The molecule has 2 aliphatic heterocycles. The minimum absolute atomic E-state index is 0.604. The quantitative estimate of drug-likeness (QED) is 0.641. The monoisotopic (exact) mass is 169 g/mol. The largest absolute Gasteiger partial charge is 0.381 e. The first-order chi connectivity index (χ1) is 5.75. The third-order valence-corrected chi connectivity index (χ3v) is 3.49. The van der Waals surface area contributed by atoms with E-state index < -0.39 is 0 Å². The predicted octanol–water partition coefficient (Wildman–Crippen LogP) is 1.41. The maximum absolute atomic E-state index is 5.40. The highest BCUT2D eigenvalue weighted by atomic mass is 16.5. The Morgan fingerprint density at radius 1 is 1.33 bits per heavy atom. The lowest BCUT2D eigenvalue weighted by Crippen LogP contribution is -2.66. The van der Waals surface area contributed by atoms with E-state index >= 15 is 0 Å². The van der Waals surface area contributed by atoms with Crippen LogP contribution in [0.4, 0.5) is 0 Å². The first-order valence-electron chi connectivity index (χ1n) is 5.06. The SMILES string of the molecule is CC(C)C1NCC12CCOCC2. The second-order valence-electron chi connectivity index (χ2n) is 4.58. The number of nitrogens with one attached hydrogen (secondary N) is 1. The number of hydrogen-bond acceptors (Lipinski definition) is 2. The second kappa shape index (κ2) is 3.00. The van der Waals surface area contributed by atoms with E-state index in [0.29, 0.717) is 5.41 Å². The molecule has 0 saturated carbocycles. The molecule has 0 aromatic carbocycles. The Balaban J connectivity index is 2.00. The summed E-state index contributed by atoms with van der Waals surface area (Å²) in [5.74, 6) is 0.775. The topological polar surface area (TPSA) is 21.3 Å². The fourth-order valence-corrected chi connectivity index (χ4v) is 2.72. The Labute approximate surface area is 74.7 Å². The zero-order chi connectivity index (χ0) is 8.60. The van der Waals surface area contributed by atoms with E-state index in [4.69, 9.17) is 4.74 Å². The molecule has 2 aliphatic rings. The molecule has 1 atom stereocenters. The van der Waals surface area contributed by atoms with E-state index in [-0.39, 0.29) is 0 Å². The van der Waals surface area contributed by atoms with E-state index in [1.54, 1.807) is 0 Å². The van der Waals surface area contributed by atoms with Crippen molar-refractivity contribution in [2.75, 3.05) is 19.8 Å². The van der Waals surface area contributed by atoms with E-state index in [9.17, 15) is 0 Å². The van der Waals surface area contributed by atoms with Crippen molar-refractivity contribution >= 4 is 0 Å². The van der Waals surface area contributed by atoms with Gasteiger partial charge in [-0.25, -0.2) is 0 Å². The lowest BCUT2D eigenvalue weighted by atomic mass is 9.64. The van der Waals surface area contributed by atoms with Gasteiger partial charge in [-0.05, 0) is 18.8 Å². The van der Waals surface area contributed by atoms with E-state index in [0.717, 1.165) is 25.2 Å². The highest BCUT2D eigenvalue weighted by molar-refractivity contribution is 5.03. The molecule has 70 valence electrons. The van der Waals surface area contributed by atoms with Crippen LogP contribution in [0, 0.1) is 11.3 Å². The first-order valence-corrected chi connectivity index (χ1v) is 5.06. The predicted molar refractivity (Wildman–Crippen MR) is 49.1 cm³/mol. The Kier molecular flexibility index (Phi) is 2.13. The van der Waals surface area contributed by atoms with Crippen LogP contribution in [0.2, 0.25) is 0 Å². The molecule has 1 spiro atoms. The van der Waals surface area contributed by atoms with Gasteiger partial charge in [-0.3, -0.25) is 0 Å². The highest BCUT2D eigenvalue weighted by Gasteiger charge is 2.48. The molecule has 0 aromatic rings. The molecule has 2 saturated heterocycles. The summed E-state index contributed by atoms with van der Waals surface area (Å²) in [6, 6.07) is 0.751. The third-order valence-electron chi connectivity index (χ3n) is 3.49. The number of rotatable bonds is 1. The lowest BCUT2D eigenvalue weighted by molar-refractivity contribution is -0.0597. The molecule has 0 bridgehead atoms. The van der Waals surface area contributed by atoms with Gasteiger partial charge >= 0.3 is 0 Å². The summed E-state index contributed by atoms with van der Waals surface area (Å²) in [5.41, 5.74) is 0.604. The molecule has 2 heteroatoms. The van der Waals surface area contributed by atoms with Crippen LogP contribution in [0.25, 0.3) is 0 Å². The molecule has 12 heavy (non-hydrogen) atoms. The van der Waals surface area contributed by atoms with E-state index in [1.165, 1.54) is 19.4 Å². The van der Waals surface area contributed by atoms with Gasteiger partial charge in [0.25, 0.3) is 0 Å². The molecule has 2 fully saturated rings. The van der Waals surface area contributed by atoms with Crippen LogP contribution in [0.1, 0.15) is 26.7 Å². The van der Waals surface area contributed by atoms with Gasteiger partial charge in [-0.2, -0.15) is 0 Å². The minimum atomic E-state index is 0.604. The Morgan fingerprint density at radius 2 is 2.00 bits per heavy atom. The van der Waals surface area contributed by atoms with Crippen LogP contribution < -0.4 is 5.32 Å². The van der Waals surface area contributed by atoms with E-state index in [2.05, 4.69) is 19.2 Å². The van der Waals surface area contributed by atoms with Crippen molar-refractivity contribution in [3.8, 4) is 0 Å². The molecule has 0 radical (unpaired) electrons. The van der Waals surface area contributed by atoms with Crippen molar-refractivity contribution in [3.63, 3.8) is 0 Å². The molecule has 1 N–H and O–H groups in total.